The van der Waals surface area contributed by atoms with Crippen molar-refractivity contribution in [1.82, 2.24) is 10.5 Å². The molecule has 0 unspecified atom stereocenters. The van der Waals surface area contributed by atoms with E-state index in [2.05, 4.69) is 22.6 Å². The summed E-state index contributed by atoms with van der Waals surface area (Å²) in [7, 11) is 0. The molecule has 1 amide bonds. The van der Waals surface area contributed by atoms with Crippen LogP contribution in [0.5, 0.6) is 0 Å². The molecular formula is C17H22N2O2. The van der Waals surface area contributed by atoms with Crippen LogP contribution in [0.1, 0.15) is 35.9 Å². The van der Waals surface area contributed by atoms with Gasteiger partial charge >= 0.3 is 0 Å². The fourth-order valence-electron chi connectivity index (χ4n) is 2.34. The minimum Gasteiger partial charge on any atom is -0.361 e. The molecule has 0 spiro atoms. The Bertz CT molecular complexity index is 571. The lowest BCUT2D eigenvalue weighted by Gasteiger charge is -2.13. The highest BCUT2D eigenvalue weighted by atomic mass is 16.5. The first kappa shape index (κ1) is 15.3. The van der Waals surface area contributed by atoms with Gasteiger partial charge in [-0.3, -0.25) is 4.79 Å². The molecule has 21 heavy (non-hydrogen) atoms. The number of nitrogens with one attached hydrogen (secondary N) is 1. The van der Waals surface area contributed by atoms with Crippen LogP contribution in [0.3, 0.4) is 0 Å². The largest absolute Gasteiger partial charge is 0.361 e. The van der Waals surface area contributed by atoms with Crippen LogP contribution >= 0.6 is 0 Å². The second-order valence-corrected chi connectivity index (χ2v) is 5.47. The van der Waals surface area contributed by atoms with E-state index in [4.69, 9.17) is 4.52 Å². The van der Waals surface area contributed by atoms with Crippen LogP contribution < -0.4 is 5.32 Å². The van der Waals surface area contributed by atoms with Gasteiger partial charge in [-0.2, -0.15) is 0 Å². The van der Waals surface area contributed by atoms with Gasteiger partial charge in [-0.1, -0.05) is 35.5 Å². The predicted molar refractivity (Wildman–Crippen MR) is 82.0 cm³/mol. The van der Waals surface area contributed by atoms with Gasteiger partial charge in [-0.05, 0) is 39.2 Å². The summed E-state index contributed by atoms with van der Waals surface area (Å²) in [5.74, 6) is 0.740. The Hall–Kier alpha value is -2.10. The third kappa shape index (κ3) is 4.45. The smallest absolute Gasteiger partial charge is 0.224 e. The first-order valence-electron chi connectivity index (χ1n) is 7.31. The molecule has 4 nitrogen and oxygen atoms in total. The molecule has 1 N–H and O–H groups in total. The summed E-state index contributed by atoms with van der Waals surface area (Å²) >= 11 is 0. The Morgan fingerprint density at radius 3 is 2.62 bits per heavy atom. The number of rotatable bonds is 6. The lowest BCUT2D eigenvalue weighted by molar-refractivity contribution is -0.121. The second kappa shape index (κ2) is 7.07. The summed E-state index contributed by atoms with van der Waals surface area (Å²) in [6, 6.07) is 10.5. The minimum absolute atomic E-state index is 0.0185. The molecule has 0 bridgehead atoms. The van der Waals surface area contributed by atoms with Gasteiger partial charge in [0.05, 0.1) is 12.1 Å². The summed E-state index contributed by atoms with van der Waals surface area (Å²) in [6.45, 7) is 5.73. The van der Waals surface area contributed by atoms with Crippen molar-refractivity contribution in [2.24, 2.45) is 0 Å². The van der Waals surface area contributed by atoms with E-state index >= 15 is 0 Å². The number of benzene rings is 1. The Labute approximate surface area is 125 Å². The molecule has 0 saturated carbocycles. The molecule has 1 aromatic carbocycles. The molecule has 2 rings (SSSR count). The lowest BCUT2D eigenvalue weighted by atomic mass is 10.1. The van der Waals surface area contributed by atoms with E-state index in [9.17, 15) is 4.79 Å². The van der Waals surface area contributed by atoms with Crippen molar-refractivity contribution in [2.75, 3.05) is 0 Å². The van der Waals surface area contributed by atoms with Crippen molar-refractivity contribution in [3.63, 3.8) is 0 Å². The van der Waals surface area contributed by atoms with Gasteiger partial charge < -0.3 is 9.84 Å². The lowest BCUT2D eigenvalue weighted by Crippen LogP contribution is -2.34. The number of carbonyl (C=O) groups excluding carboxylic acids is 1. The molecule has 1 heterocycles. The van der Waals surface area contributed by atoms with Gasteiger partial charge in [0, 0.05) is 11.6 Å². The van der Waals surface area contributed by atoms with Gasteiger partial charge in [0.2, 0.25) is 5.91 Å². The van der Waals surface area contributed by atoms with Crippen molar-refractivity contribution < 1.29 is 9.32 Å². The van der Waals surface area contributed by atoms with Crippen LogP contribution in [-0.4, -0.2) is 17.1 Å². The summed E-state index contributed by atoms with van der Waals surface area (Å²) in [5, 5.41) is 6.90. The minimum atomic E-state index is 0.0185. The van der Waals surface area contributed by atoms with Crippen LogP contribution in [0.2, 0.25) is 0 Å². The number of nitrogens with zero attached hydrogens (tertiary/aromatic N) is 1. The number of hydrogen-bond acceptors (Lipinski definition) is 3. The van der Waals surface area contributed by atoms with Crippen molar-refractivity contribution in [3.05, 3.63) is 52.9 Å². The molecule has 0 radical (unpaired) electrons. The highest BCUT2D eigenvalue weighted by Crippen LogP contribution is 2.13. The van der Waals surface area contributed by atoms with E-state index in [0.29, 0.717) is 6.42 Å². The van der Waals surface area contributed by atoms with Crippen LogP contribution in [-0.2, 0) is 17.6 Å². The van der Waals surface area contributed by atoms with Gasteiger partial charge in [0.25, 0.3) is 0 Å². The van der Waals surface area contributed by atoms with E-state index < -0.39 is 0 Å². The van der Waals surface area contributed by atoms with Gasteiger partial charge in [0.15, 0.2) is 0 Å². The number of carbonyl (C=O) groups is 1. The average molecular weight is 286 g/mol. The third-order valence-electron chi connectivity index (χ3n) is 3.63. The molecule has 112 valence electrons. The standard InChI is InChI=1S/C17H22N2O2/c1-12(9-10-15-7-5-4-6-8-15)18-17(20)11-16-13(2)19-21-14(16)3/h4-8,12H,9-11H2,1-3H3,(H,18,20)/t12-/m0/s1. The van der Waals surface area contributed by atoms with E-state index in [-0.39, 0.29) is 11.9 Å². The molecule has 0 saturated heterocycles. The SMILES string of the molecule is Cc1noc(C)c1CC(=O)N[C@@H](C)CCc1ccccc1. The van der Waals surface area contributed by atoms with Crippen LogP contribution in [0.15, 0.2) is 34.9 Å². The van der Waals surface area contributed by atoms with Crippen LogP contribution in [0.4, 0.5) is 0 Å². The molecule has 0 aliphatic rings. The van der Waals surface area contributed by atoms with Crippen molar-refractivity contribution in [2.45, 2.75) is 46.1 Å². The molecule has 0 aliphatic heterocycles. The fourth-order valence-corrected chi connectivity index (χ4v) is 2.34. The summed E-state index contributed by atoms with van der Waals surface area (Å²) in [5.41, 5.74) is 2.98. The quantitative estimate of drug-likeness (QED) is 0.888. The van der Waals surface area contributed by atoms with E-state index in [0.717, 1.165) is 29.9 Å². The number of aromatic nitrogens is 1. The maximum atomic E-state index is 12.1. The Kier molecular flexibility index (Phi) is 5.14. The molecule has 4 heteroatoms. The highest BCUT2D eigenvalue weighted by molar-refractivity contribution is 5.79. The first-order valence-corrected chi connectivity index (χ1v) is 7.31. The van der Waals surface area contributed by atoms with Gasteiger partial charge in [0.1, 0.15) is 5.76 Å². The maximum Gasteiger partial charge on any atom is 0.224 e. The van der Waals surface area contributed by atoms with Crippen molar-refractivity contribution in [3.8, 4) is 0 Å². The molecule has 1 atom stereocenters. The van der Waals surface area contributed by atoms with Crippen molar-refractivity contribution in [1.29, 1.82) is 0 Å². The number of amides is 1. The number of aryl methyl sites for hydroxylation is 3. The van der Waals surface area contributed by atoms with Crippen LogP contribution in [0, 0.1) is 13.8 Å². The molecule has 2 aromatic rings. The second-order valence-electron chi connectivity index (χ2n) is 5.47. The van der Waals surface area contributed by atoms with Gasteiger partial charge in [-0.25, -0.2) is 0 Å². The predicted octanol–water partition coefficient (Wildman–Crippen LogP) is 2.97. The summed E-state index contributed by atoms with van der Waals surface area (Å²) < 4.78 is 5.08. The van der Waals surface area contributed by atoms with Crippen molar-refractivity contribution >= 4 is 5.91 Å². The number of hydrogen-bond donors (Lipinski definition) is 1. The summed E-state index contributed by atoms with van der Waals surface area (Å²) in [6.07, 6.45) is 2.22. The highest BCUT2D eigenvalue weighted by Gasteiger charge is 2.14. The topological polar surface area (TPSA) is 55.1 Å². The summed E-state index contributed by atoms with van der Waals surface area (Å²) in [4.78, 5) is 12.1. The normalized spacial score (nSPS) is 12.1. The van der Waals surface area contributed by atoms with E-state index in [1.165, 1.54) is 5.56 Å². The first-order chi connectivity index (χ1) is 10.1. The average Bonchev–Trinajstić information content (AvgIpc) is 2.78. The molecule has 0 fully saturated rings. The maximum absolute atomic E-state index is 12.1. The zero-order valence-corrected chi connectivity index (χ0v) is 12.8. The zero-order chi connectivity index (χ0) is 15.2. The fraction of sp³-hybridized carbons (Fsp3) is 0.412. The Balaban J connectivity index is 1.80. The molecule has 0 aliphatic carbocycles. The Morgan fingerprint density at radius 2 is 2.00 bits per heavy atom. The zero-order valence-electron chi connectivity index (χ0n) is 12.8. The van der Waals surface area contributed by atoms with Crippen LogP contribution in [0.25, 0.3) is 0 Å². The molecule has 1 aromatic heterocycles. The third-order valence-corrected chi connectivity index (χ3v) is 3.63. The molecular weight excluding hydrogens is 264 g/mol. The monoisotopic (exact) mass is 286 g/mol. The van der Waals surface area contributed by atoms with E-state index in [1.807, 2.05) is 39.0 Å². The van der Waals surface area contributed by atoms with Gasteiger partial charge in [-0.15, -0.1) is 0 Å². The van der Waals surface area contributed by atoms with E-state index in [1.54, 1.807) is 0 Å². The Morgan fingerprint density at radius 1 is 1.29 bits per heavy atom.